The van der Waals surface area contributed by atoms with Gasteiger partial charge in [0.25, 0.3) is 0 Å². The summed E-state index contributed by atoms with van der Waals surface area (Å²) in [5.74, 6) is 0.787. The van der Waals surface area contributed by atoms with Crippen LogP contribution in [0.3, 0.4) is 0 Å². The van der Waals surface area contributed by atoms with Crippen LogP contribution < -0.4 is 5.73 Å². The van der Waals surface area contributed by atoms with Crippen LogP contribution in [-0.4, -0.2) is 5.54 Å². The third kappa shape index (κ3) is 0.821. The molecule has 0 heterocycles. The van der Waals surface area contributed by atoms with Gasteiger partial charge in [0.05, 0.1) is 5.54 Å². The third-order valence-corrected chi connectivity index (χ3v) is 3.42. The van der Waals surface area contributed by atoms with Crippen LogP contribution in [-0.2, 0) is 0 Å². The van der Waals surface area contributed by atoms with Crippen molar-refractivity contribution in [1.29, 1.82) is 0 Å². The normalized spacial score (nSPS) is 47.6. The van der Waals surface area contributed by atoms with Crippen molar-refractivity contribution < 1.29 is 0 Å². The van der Waals surface area contributed by atoms with Crippen molar-refractivity contribution in [2.45, 2.75) is 12.5 Å². The predicted octanol–water partition coefficient (Wildman–Crippen LogP) is 2.21. The van der Waals surface area contributed by atoms with Crippen molar-refractivity contribution in [1.82, 2.24) is 0 Å². The quantitative estimate of drug-likeness (QED) is 0.622. The van der Waals surface area contributed by atoms with Crippen molar-refractivity contribution in [3.05, 3.63) is 22.2 Å². The summed E-state index contributed by atoms with van der Waals surface area (Å²) in [5, 5.41) is 1.41. The molecule has 3 atom stereocenters. The minimum Gasteiger partial charge on any atom is -0.320 e. The molecule has 1 nitrogen and oxygen atoms in total. The van der Waals surface area contributed by atoms with E-state index in [2.05, 4.69) is 6.92 Å². The fourth-order valence-electron chi connectivity index (χ4n) is 1.75. The van der Waals surface area contributed by atoms with E-state index < -0.39 is 0 Å². The molecule has 0 aromatic rings. The van der Waals surface area contributed by atoms with Gasteiger partial charge in [0.2, 0.25) is 0 Å². The lowest BCUT2D eigenvalue weighted by molar-refractivity contribution is 0.734. The van der Waals surface area contributed by atoms with Crippen molar-refractivity contribution in [2.24, 2.45) is 17.6 Å². The molecule has 3 unspecified atom stereocenters. The SMILES string of the molecule is CC1C2C=C(Cl)C=C(Cl)C12N. The molecule has 3 heteroatoms. The zero-order valence-corrected chi connectivity index (χ0v) is 7.65. The maximum absolute atomic E-state index is 6.00. The molecule has 0 radical (unpaired) electrons. The van der Waals surface area contributed by atoms with Gasteiger partial charge in [0, 0.05) is 16.0 Å². The van der Waals surface area contributed by atoms with E-state index in [1.165, 1.54) is 0 Å². The van der Waals surface area contributed by atoms with E-state index in [0.717, 1.165) is 0 Å². The van der Waals surface area contributed by atoms with Crippen LogP contribution in [0.25, 0.3) is 0 Å². The lowest BCUT2D eigenvalue weighted by atomic mass is 10.1. The molecule has 2 rings (SSSR count). The van der Waals surface area contributed by atoms with E-state index in [-0.39, 0.29) is 5.54 Å². The molecule has 0 bridgehead atoms. The topological polar surface area (TPSA) is 26.0 Å². The summed E-state index contributed by atoms with van der Waals surface area (Å²) in [4.78, 5) is 0. The fourth-order valence-corrected chi connectivity index (χ4v) is 2.46. The Morgan fingerprint density at radius 1 is 1.55 bits per heavy atom. The molecule has 11 heavy (non-hydrogen) atoms. The second-order valence-electron chi connectivity index (χ2n) is 3.29. The summed E-state index contributed by atoms with van der Waals surface area (Å²) in [6.45, 7) is 2.09. The molecule has 2 aliphatic carbocycles. The van der Waals surface area contributed by atoms with Gasteiger partial charge in [-0.1, -0.05) is 36.2 Å². The summed E-state index contributed by atoms with van der Waals surface area (Å²) in [6, 6.07) is 0. The highest BCUT2D eigenvalue weighted by Crippen LogP contribution is 2.57. The molecular formula is C8H9Cl2N. The van der Waals surface area contributed by atoms with Crippen LogP contribution in [0.4, 0.5) is 0 Å². The first-order chi connectivity index (χ1) is 5.06. The van der Waals surface area contributed by atoms with Gasteiger partial charge < -0.3 is 5.73 Å². The Balaban J connectivity index is 2.41. The number of halogens is 2. The summed E-state index contributed by atoms with van der Waals surface area (Å²) in [6.07, 6.45) is 3.72. The van der Waals surface area contributed by atoms with Gasteiger partial charge in [-0.05, 0) is 12.0 Å². The maximum atomic E-state index is 6.00. The van der Waals surface area contributed by atoms with Gasteiger partial charge in [-0.25, -0.2) is 0 Å². The van der Waals surface area contributed by atoms with Crippen LogP contribution in [0.15, 0.2) is 22.2 Å². The van der Waals surface area contributed by atoms with Crippen molar-refractivity contribution >= 4 is 23.2 Å². The number of hydrogen-bond acceptors (Lipinski definition) is 1. The molecule has 0 saturated heterocycles. The van der Waals surface area contributed by atoms with Crippen LogP contribution in [0.2, 0.25) is 0 Å². The van der Waals surface area contributed by atoms with Crippen molar-refractivity contribution in [3.8, 4) is 0 Å². The van der Waals surface area contributed by atoms with Gasteiger partial charge in [0.1, 0.15) is 0 Å². The molecule has 2 aliphatic rings. The highest BCUT2D eigenvalue weighted by molar-refractivity contribution is 6.36. The zero-order valence-electron chi connectivity index (χ0n) is 6.14. The van der Waals surface area contributed by atoms with E-state index in [4.69, 9.17) is 28.9 Å². The molecule has 0 spiro atoms. The van der Waals surface area contributed by atoms with Crippen LogP contribution in [0.1, 0.15) is 6.92 Å². The second-order valence-corrected chi connectivity index (χ2v) is 4.13. The van der Waals surface area contributed by atoms with Crippen molar-refractivity contribution in [3.63, 3.8) is 0 Å². The van der Waals surface area contributed by atoms with Gasteiger partial charge in [-0.2, -0.15) is 0 Å². The second kappa shape index (κ2) is 2.03. The molecule has 0 aromatic heterocycles. The van der Waals surface area contributed by atoms with Gasteiger partial charge in [0.15, 0.2) is 0 Å². The van der Waals surface area contributed by atoms with Gasteiger partial charge in [-0.3, -0.25) is 0 Å². The highest BCUT2D eigenvalue weighted by atomic mass is 35.5. The number of hydrogen-bond donors (Lipinski definition) is 1. The van der Waals surface area contributed by atoms with E-state index in [1.807, 2.05) is 6.08 Å². The summed E-state index contributed by atoms with van der Waals surface area (Å²) >= 11 is 11.8. The number of nitrogens with two attached hydrogens (primary N) is 1. The minimum atomic E-state index is -0.292. The maximum Gasteiger partial charge on any atom is 0.0617 e. The number of allylic oxidation sites excluding steroid dienone is 2. The standard InChI is InChI=1S/C8H9Cl2N/c1-4-6-2-5(9)3-7(10)8(4,6)11/h2-4,6H,11H2,1H3. The predicted molar refractivity (Wildman–Crippen MR) is 47.4 cm³/mol. The molecular weight excluding hydrogens is 181 g/mol. The summed E-state index contributed by atoms with van der Waals surface area (Å²) < 4.78 is 0. The molecule has 1 fully saturated rings. The molecule has 60 valence electrons. The van der Waals surface area contributed by atoms with Crippen LogP contribution >= 0.6 is 23.2 Å². The molecule has 0 amide bonds. The molecule has 2 N–H and O–H groups in total. The van der Waals surface area contributed by atoms with E-state index in [1.54, 1.807) is 6.08 Å². The Morgan fingerprint density at radius 3 is 2.73 bits per heavy atom. The summed E-state index contributed by atoms with van der Waals surface area (Å²) in [5.41, 5.74) is 5.71. The van der Waals surface area contributed by atoms with E-state index >= 15 is 0 Å². The first-order valence-corrected chi connectivity index (χ1v) is 4.36. The van der Waals surface area contributed by atoms with Crippen LogP contribution in [0, 0.1) is 11.8 Å². The zero-order chi connectivity index (χ0) is 8.22. The largest absolute Gasteiger partial charge is 0.320 e. The number of fused-ring (bicyclic) bond motifs is 1. The van der Waals surface area contributed by atoms with Gasteiger partial charge >= 0.3 is 0 Å². The average Bonchev–Trinajstić information content (AvgIpc) is 2.42. The monoisotopic (exact) mass is 189 g/mol. The smallest absolute Gasteiger partial charge is 0.0617 e. The third-order valence-electron chi connectivity index (χ3n) is 2.75. The van der Waals surface area contributed by atoms with E-state index in [9.17, 15) is 0 Å². The molecule has 1 saturated carbocycles. The first kappa shape index (κ1) is 7.66. The Morgan fingerprint density at radius 2 is 2.18 bits per heavy atom. The van der Waals surface area contributed by atoms with E-state index in [0.29, 0.717) is 21.9 Å². The Hall–Kier alpha value is 0.0200. The lowest BCUT2D eigenvalue weighted by Crippen LogP contribution is -2.28. The highest BCUT2D eigenvalue weighted by Gasteiger charge is 2.61. The number of rotatable bonds is 0. The Kier molecular flexibility index (Phi) is 1.42. The fraction of sp³-hybridized carbons (Fsp3) is 0.500. The average molecular weight is 190 g/mol. The summed E-state index contributed by atoms with van der Waals surface area (Å²) in [7, 11) is 0. The minimum absolute atomic E-state index is 0.292. The van der Waals surface area contributed by atoms with Crippen molar-refractivity contribution in [2.75, 3.05) is 0 Å². The lowest BCUT2D eigenvalue weighted by Gasteiger charge is -2.12. The first-order valence-electron chi connectivity index (χ1n) is 3.60. The molecule has 0 aliphatic heterocycles. The Labute approximate surface area is 75.8 Å². The molecule has 0 aromatic carbocycles. The van der Waals surface area contributed by atoms with Crippen LogP contribution in [0.5, 0.6) is 0 Å². The Bertz CT molecular complexity index is 269. The van der Waals surface area contributed by atoms with Gasteiger partial charge in [-0.15, -0.1) is 0 Å².